The number of aliphatic carboxylic acids is 1. The van der Waals surface area contributed by atoms with Gasteiger partial charge in [0.2, 0.25) is 59.3 Å². The molecule has 0 aliphatic carbocycles. The number of nitrogens with zero attached hydrogens (tertiary/aromatic N) is 4. The molecule has 9 aliphatic rings. The Labute approximate surface area is 789 Å². The number of phenolic OH excluding ortho intramolecular Hbond substituents is 3. The molecule has 9 bridgehead atoms. The van der Waals surface area contributed by atoms with E-state index in [9.17, 15) is 75.0 Å². The van der Waals surface area contributed by atoms with Crippen molar-refractivity contribution in [2.45, 2.75) is 181 Å². The van der Waals surface area contributed by atoms with Gasteiger partial charge in [-0.3, -0.25) is 52.8 Å². The van der Waals surface area contributed by atoms with Crippen LogP contribution >= 0.6 is 57.9 Å². The summed E-state index contributed by atoms with van der Waals surface area (Å²) in [6.45, 7) is 5.01. The number of nitrogen functional groups attached to an aromatic ring is 1. The Bertz CT molecular complexity index is 5940. The Balaban J connectivity index is 0.869. The number of oxime groups is 1. The molecule has 3 saturated heterocycles. The number of hydrogen-bond donors (Lipinski definition) is 21. The largest absolute Gasteiger partial charge is 0.543 e. The summed E-state index contributed by atoms with van der Waals surface area (Å²) < 4.78 is 40.3. The predicted octanol–water partition coefficient (Wildman–Crippen LogP) is -1.23. The average Bonchev–Trinajstić information content (AvgIpc) is 0.903. The number of aromatic hydroxyl groups is 3. The Hall–Kier alpha value is -12.4. The van der Waals surface area contributed by atoms with Crippen LogP contribution in [0.15, 0.2) is 120 Å². The van der Waals surface area contributed by atoms with Gasteiger partial charge in [0, 0.05) is 53.6 Å². The molecule has 24 N–H and O–H groups in total. The molecule has 11 heterocycles. The van der Waals surface area contributed by atoms with Crippen LogP contribution in [0.25, 0.3) is 11.1 Å². The Morgan fingerprint density at radius 1 is 0.763 bits per heavy atom. The molecule has 2 aromatic heterocycles. The molecule has 3 fully saturated rings. The molecule has 20 atom stereocenters. The van der Waals surface area contributed by atoms with Crippen molar-refractivity contribution in [2.75, 3.05) is 32.3 Å². The van der Waals surface area contributed by atoms with E-state index in [4.69, 9.17) is 85.3 Å². The third kappa shape index (κ3) is 20.9. The number of β-lactam (4-membered cyclic amide) rings is 1. The number of thiazole rings is 1. The van der Waals surface area contributed by atoms with Crippen molar-refractivity contribution in [3.05, 3.63) is 168 Å². The number of carboxylic acid groups (broad SMARTS) is 1. The molecular formula is C86H93Cl3N16O28S2. The number of fused-ring (bicyclic) bond motifs is 15. The van der Waals surface area contributed by atoms with Gasteiger partial charge in [-0.1, -0.05) is 83.3 Å². The summed E-state index contributed by atoms with van der Waals surface area (Å²) in [6.07, 6.45) is -16.2. The second kappa shape index (κ2) is 40.7. The third-order valence-corrected chi connectivity index (χ3v) is 26.3. The summed E-state index contributed by atoms with van der Waals surface area (Å²) in [4.78, 5) is 172. The van der Waals surface area contributed by atoms with Crippen LogP contribution in [0.2, 0.25) is 14.4 Å². The minimum atomic E-state index is -2.45. The summed E-state index contributed by atoms with van der Waals surface area (Å²) in [5, 5.41) is 144. The number of nitrogens with two attached hydrogens (primary N) is 3. The first-order valence-corrected chi connectivity index (χ1v) is 44.7. The lowest BCUT2D eigenvalue weighted by atomic mass is 9.86. The van der Waals surface area contributed by atoms with Gasteiger partial charge < -0.3 is 154 Å². The van der Waals surface area contributed by atoms with E-state index in [1.807, 2.05) is 0 Å². The predicted molar refractivity (Wildman–Crippen MR) is 472 cm³/mol. The van der Waals surface area contributed by atoms with Crippen LogP contribution in [-0.2, 0) is 84.9 Å². The van der Waals surface area contributed by atoms with Gasteiger partial charge in [0.25, 0.3) is 11.8 Å². The van der Waals surface area contributed by atoms with Crippen molar-refractivity contribution in [1.29, 1.82) is 0 Å². The van der Waals surface area contributed by atoms with Gasteiger partial charge in [-0.15, -0.1) is 11.8 Å². The first-order valence-electron chi connectivity index (χ1n) is 41.7. The molecule has 49 heteroatoms. The number of carbonyl (C=O) groups excluding carboxylic acids is 11. The number of ether oxygens (including phenoxy) is 6. The molecule has 0 radical (unpaired) electrons. The lowest BCUT2D eigenvalue weighted by Crippen LogP contribution is -2.71. The fourth-order valence-corrected chi connectivity index (χ4v) is 19.3. The van der Waals surface area contributed by atoms with Gasteiger partial charge >= 0.3 is 0 Å². The van der Waals surface area contributed by atoms with Gasteiger partial charge in [-0.2, -0.15) is 0 Å². The fraction of sp³-hybridized carbons (Fsp3) is 0.395. The number of phenols is 3. The molecule has 16 rings (SSSR count). The minimum absolute atomic E-state index is 0.00130. The SMILES string of the molecule is CN[C@H](CC(C)C)C(=O)N[C@H]1C(=O)N[C@@H](CC(N)=O)C(=O)N[C@H]2C(=O)N[C@H]3C(=O)N[C@H](C(=O)N[C@H](C(=O)NCc4cc[n+](CC5=C(C(=O)[O-])N6C(=O)[C@@H](NC(=O)/C(=N/OC)c7nc(N)sc7Cl)C6SC5)cc4)c4cc(O)cc(O)c4-c4cc(O)ccc43)[C@H](O)c3ccc(c(Cl)c3)Oc3cc2cc(c3O[C@H]2O[C@@H](CO)[C@H](O)[C@@H](O)[C@@H]2O[C@@H]2C[C@@](C)(N)[C@@H](O)[C@@H](C)O2)Oc2ccc(cc2Cl)[C@H]1O. The van der Waals surface area contributed by atoms with Crippen LogP contribution < -0.4 is 88.9 Å². The maximum Gasteiger partial charge on any atom is 0.276 e. The smallest absolute Gasteiger partial charge is 0.276 e. The van der Waals surface area contributed by atoms with E-state index in [0.717, 1.165) is 102 Å². The van der Waals surface area contributed by atoms with E-state index < -0.39 is 295 Å². The topological polar surface area (TPSA) is 676 Å². The van der Waals surface area contributed by atoms with Crippen LogP contribution in [0, 0.1) is 5.92 Å². The molecule has 44 nitrogen and oxygen atoms in total. The Kier molecular flexibility index (Phi) is 29.7. The number of pyridine rings is 1. The molecule has 0 saturated carbocycles. The number of likely N-dealkylation sites (N-methyl/N-ethyl adjacent to an activating group) is 1. The highest BCUT2D eigenvalue weighted by molar-refractivity contribution is 8.00. The number of aliphatic hydroxyl groups excluding tert-OH is 6. The van der Waals surface area contributed by atoms with Crippen LogP contribution in [0.3, 0.4) is 0 Å². The number of amides is 10. The van der Waals surface area contributed by atoms with Gasteiger partial charge in [-0.05, 0) is 127 Å². The van der Waals surface area contributed by atoms with Crippen molar-refractivity contribution in [3.63, 3.8) is 0 Å². The molecule has 10 amide bonds. The summed E-state index contributed by atoms with van der Waals surface area (Å²) in [5.41, 5.74) is 13.3. The normalized spacial score (nSPS) is 27.2. The third-order valence-electron chi connectivity index (χ3n) is 23.3. The molecule has 5 aromatic carbocycles. The number of nitrogens with one attached hydrogen (secondary N) is 9. The zero-order chi connectivity index (χ0) is 97.5. The molecule has 7 aromatic rings. The van der Waals surface area contributed by atoms with Crippen LogP contribution in [-0.4, -0.2) is 243 Å². The molecule has 718 valence electrons. The second-order valence-corrected chi connectivity index (χ2v) is 36.9. The number of aromatic nitrogens is 2. The summed E-state index contributed by atoms with van der Waals surface area (Å²) in [6, 6.07) is 0.635. The van der Waals surface area contributed by atoms with E-state index in [2.05, 4.69) is 58.0 Å². The van der Waals surface area contributed by atoms with Crippen molar-refractivity contribution in [2.24, 2.45) is 22.5 Å². The maximum absolute atomic E-state index is 16.6. The number of anilines is 1. The lowest BCUT2D eigenvalue weighted by molar-refractivity contribution is -0.689. The molecule has 1 unspecified atom stereocenters. The second-order valence-electron chi connectivity index (χ2n) is 33.4. The number of benzene rings is 5. The van der Waals surface area contributed by atoms with Gasteiger partial charge in [0.05, 0.1) is 53.0 Å². The van der Waals surface area contributed by atoms with E-state index in [1.54, 1.807) is 13.8 Å². The molecule has 9 aliphatic heterocycles. The summed E-state index contributed by atoms with van der Waals surface area (Å²) in [7, 11) is 2.62. The van der Waals surface area contributed by atoms with Crippen molar-refractivity contribution >= 4 is 134 Å². The van der Waals surface area contributed by atoms with Gasteiger partial charge in [-0.25, -0.2) is 9.55 Å². The number of primary amides is 1. The number of rotatable bonds is 22. The van der Waals surface area contributed by atoms with E-state index in [1.165, 1.54) is 62.1 Å². The monoisotopic (exact) mass is 1970 g/mol. The summed E-state index contributed by atoms with van der Waals surface area (Å²) in [5.74, 6) is -19.2. The number of hydrogen-bond acceptors (Lipinski definition) is 35. The quantitative estimate of drug-likeness (QED) is 0.0164. The van der Waals surface area contributed by atoms with Crippen LogP contribution in [0.4, 0.5) is 5.13 Å². The van der Waals surface area contributed by atoms with Gasteiger partial charge in [0.1, 0.15) is 124 Å². The van der Waals surface area contributed by atoms with Crippen molar-refractivity contribution in [1.82, 2.24) is 57.7 Å². The maximum atomic E-state index is 16.6. The first-order chi connectivity index (χ1) is 64.0. The number of carboxylic acids is 1. The molecular weight excluding hydrogens is 1880 g/mol. The molecule has 0 spiro atoms. The van der Waals surface area contributed by atoms with Crippen molar-refractivity contribution in [3.8, 4) is 57.1 Å². The van der Waals surface area contributed by atoms with Crippen molar-refractivity contribution < 1.29 is 142 Å². The zero-order valence-corrected chi connectivity index (χ0v) is 76.0. The Morgan fingerprint density at radius 3 is 2.03 bits per heavy atom. The standard InChI is InChI=1S/C86H93Cl3N16O28S2/c1-31(2)17-45(93-5)73(116)99-61-65(111)34-7-11-48(43(87)18-34)129-50-20-36-21-51(69(50)133-84-70(68(114)67(113)52(29-106)131-84)132-54-26-86(4,92)71(115)32(3)128-54)130-49-12-8-35(19-44(49)88)66(112)62-80(123)98-58(42-23-39(108)24-47(109)55(42)41-22-38(107)9-10-40(41)57(77(120)100-62)97-76(119)56(36)96-74(117)46(25-53(90)110)95-79(61)122)75(118)94-27-33-13-15-104(16-14-33)28-37-30-134-82-63(81(124)105(82)64(37)83(125)126)101-78(121)60(103-127-6)59-72(89)135-85(91)102-59/h7-16,18-24,31-32,45-46,52,54,56-58,61-63,65-68,70-71,82,84,93,106,111-115H,17,25-30,92H2,1-6H3,(H15-,90,91,94,95,96,97,98,99,100,101,102,107,108,109,110,116,117,118,119,120,121,122,123,125,126)/b103-60+/t32-,45-,46+,52+,54-,56-,57-,58+,61-,62+,63-,65-,66-,67+,68-,70+,71+,82?,84-,86-/m1/s1. The van der Waals surface area contributed by atoms with Crippen LogP contribution in [0.1, 0.15) is 116 Å². The van der Waals surface area contributed by atoms with Gasteiger partial charge in [0.15, 0.2) is 53.7 Å². The van der Waals surface area contributed by atoms with Crippen LogP contribution in [0.5, 0.6) is 46.0 Å². The fourth-order valence-electron chi connectivity index (χ4n) is 16.5. The van der Waals surface area contributed by atoms with E-state index in [0.29, 0.717) is 5.56 Å². The average molecular weight is 1970 g/mol. The number of aliphatic hydroxyl groups is 6. The highest BCUT2D eigenvalue weighted by Crippen LogP contribution is 2.51. The number of thioether (sulfide) groups is 1. The van der Waals surface area contributed by atoms with E-state index >= 15 is 28.8 Å². The highest BCUT2D eigenvalue weighted by Gasteiger charge is 2.55. The Morgan fingerprint density at radius 2 is 1.42 bits per heavy atom. The lowest BCUT2D eigenvalue weighted by Gasteiger charge is -2.50. The first kappa shape index (κ1) is 98.6. The highest BCUT2D eigenvalue weighted by atomic mass is 35.5. The minimum Gasteiger partial charge on any atom is -0.543 e. The number of halogens is 3. The zero-order valence-electron chi connectivity index (χ0n) is 72.1. The van der Waals surface area contributed by atoms with E-state index in [-0.39, 0.29) is 68.7 Å². The number of carbonyl (C=O) groups is 11. The summed E-state index contributed by atoms with van der Waals surface area (Å²) >= 11 is 22.6. The molecule has 135 heavy (non-hydrogen) atoms.